The van der Waals surface area contributed by atoms with E-state index in [2.05, 4.69) is 47.5 Å². The first-order valence-corrected chi connectivity index (χ1v) is 11.0. The number of aryl methyl sites for hydroxylation is 2. The van der Waals surface area contributed by atoms with Crippen LogP contribution in [0, 0.1) is 13.8 Å². The van der Waals surface area contributed by atoms with Crippen molar-refractivity contribution < 1.29 is 9.47 Å². The molecule has 1 aromatic carbocycles. The van der Waals surface area contributed by atoms with Crippen LogP contribution in [-0.2, 0) is 4.74 Å². The number of piperazine rings is 1. The van der Waals surface area contributed by atoms with E-state index in [1.807, 2.05) is 32.0 Å². The van der Waals surface area contributed by atoms with E-state index in [4.69, 9.17) is 21.7 Å². The van der Waals surface area contributed by atoms with Gasteiger partial charge in [0.2, 0.25) is 11.9 Å². The fourth-order valence-corrected chi connectivity index (χ4v) is 3.61. The summed E-state index contributed by atoms with van der Waals surface area (Å²) in [5.74, 6) is 2.01. The zero-order valence-corrected chi connectivity index (χ0v) is 19.9. The summed E-state index contributed by atoms with van der Waals surface area (Å²) in [5, 5.41) is 6.77. The lowest BCUT2D eigenvalue weighted by Crippen LogP contribution is -2.51. The van der Waals surface area contributed by atoms with Crippen molar-refractivity contribution in [1.29, 1.82) is 0 Å². The smallest absolute Gasteiger partial charge is 0.229 e. The second kappa shape index (κ2) is 11.6. The van der Waals surface area contributed by atoms with E-state index >= 15 is 0 Å². The van der Waals surface area contributed by atoms with Gasteiger partial charge >= 0.3 is 0 Å². The van der Waals surface area contributed by atoms with Crippen LogP contribution in [-0.4, -0.2) is 79.5 Å². The van der Waals surface area contributed by atoms with Gasteiger partial charge in [0, 0.05) is 56.9 Å². The van der Waals surface area contributed by atoms with Crippen LogP contribution in [0.15, 0.2) is 35.3 Å². The molecule has 0 bridgehead atoms. The Bertz CT molecular complexity index is 908. The van der Waals surface area contributed by atoms with Gasteiger partial charge in [-0.25, -0.2) is 9.97 Å². The third-order valence-corrected chi connectivity index (χ3v) is 5.25. The zero-order chi connectivity index (χ0) is 22.9. The van der Waals surface area contributed by atoms with E-state index in [1.165, 1.54) is 5.69 Å². The summed E-state index contributed by atoms with van der Waals surface area (Å²) >= 11 is 5.42. The van der Waals surface area contributed by atoms with Crippen LogP contribution < -0.4 is 20.3 Å². The van der Waals surface area contributed by atoms with E-state index in [1.54, 1.807) is 14.2 Å². The molecule has 1 aromatic heterocycles. The van der Waals surface area contributed by atoms with Crippen LogP contribution in [0.1, 0.15) is 11.4 Å². The van der Waals surface area contributed by atoms with E-state index in [0.29, 0.717) is 30.2 Å². The van der Waals surface area contributed by atoms with Crippen molar-refractivity contribution in [3.05, 3.63) is 41.7 Å². The number of aromatic nitrogens is 2. The second-order valence-corrected chi connectivity index (χ2v) is 7.82. The van der Waals surface area contributed by atoms with Crippen molar-refractivity contribution in [1.82, 2.24) is 20.2 Å². The minimum atomic E-state index is 0.395. The summed E-state index contributed by atoms with van der Waals surface area (Å²) in [6, 6.07) is 10.1. The summed E-state index contributed by atoms with van der Waals surface area (Å²) in [6.45, 7) is 8.31. The molecule has 0 amide bonds. The number of rotatable bonds is 6. The minimum absolute atomic E-state index is 0.395. The molecule has 1 fully saturated rings. The maximum atomic E-state index is 5.42. The average molecular weight is 458 g/mol. The first-order valence-electron chi connectivity index (χ1n) is 10.6. The molecule has 0 unspecified atom stereocenters. The first-order chi connectivity index (χ1) is 15.5. The molecule has 0 spiro atoms. The highest BCUT2D eigenvalue weighted by atomic mass is 32.1. The summed E-state index contributed by atoms with van der Waals surface area (Å²) in [6.07, 6.45) is 0. The SMILES string of the molecule is COCCNC(=S)/N=C(/Nc1nc(C)cc(C)n1)N1CCN(c2ccc(OC)cc2)CC1. The Labute approximate surface area is 194 Å². The Morgan fingerprint density at radius 2 is 1.72 bits per heavy atom. The lowest BCUT2D eigenvalue weighted by atomic mass is 10.2. The number of methoxy groups -OCH3 is 2. The molecule has 9 nitrogen and oxygen atoms in total. The Morgan fingerprint density at radius 1 is 1.06 bits per heavy atom. The number of anilines is 2. The van der Waals surface area contributed by atoms with Crippen LogP contribution >= 0.6 is 12.2 Å². The highest BCUT2D eigenvalue weighted by Crippen LogP contribution is 2.20. The Kier molecular flexibility index (Phi) is 8.57. The lowest BCUT2D eigenvalue weighted by Gasteiger charge is -2.37. The van der Waals surface area contributed by atoms with Crippen molar-refractivity contribution in [3.8, 4) is 5.75 Å². The monoisotopic (exact) mass is 457 g/mol. The summed E-state index contributed by atoms with van der Waals surface area (Å²) < 4.78 is 10.3. The van der Waals surface area contributed by atoms with Gasteiger partial charge in [0.05, 0.1) is 13.7 Å². The predicted octanol–water partition coefficient (Wildman–Crippen LogP) is 2.21. The highest BCUT2D eigenvalue weighted by molar-refractivity contribution is 7.80. The van der Waals surface area contributed by atoms with Crippen LogP contribution in [0.25, 0.3) is 0 Å². The fourth-order valence-electron chi connectivity index (χ4n) is 3.42. The number of aliphatic imine (C=N–C) groups is 1. The Hall–Kier alpha value is -2.98. The molecule has 0 saturated carbocycles. The summed E-state index contributed by atoms with van der Waals surface area (Å²) in [4.78, 5) is 18.1. The maximum Gasteiger partial charge on any atom is 0.229 e. The van der Waals surface area contributed by atoms with Crippen molar-refractivity contribution in [2.24, 2.45) is 4.99 Å². The van der Waals surface area contributed by atoms with Gasteiger partial charge in [0.1, 0.15) is 5.75 Å². The molecule has 2 aromatic rings. The number of nitrogens with one attached hydrogen (secondary N) is 2. The Balaban J connectivity index is 1.71. The molecule has 0 atom stereocenters. The topological polar surface area (TPSA) is 87.1 Å². The molecule has 1 saturated heterocycles. The average Bonchev–Trinajstić information content (AvgIpc) is 2.78. The zero-order valence-electron chi connectivity index (χ0n) is 19.1. The quantitative estimate of drug-likeness (QED) is 0.293. The van der Waals surface area contributed by atoms with Gasteiger partial charge in [-0.1, -0.05) is 0 Å². The second-order valence-electron chi connectivity index (χ2n) is 7.43. The number of guanidine groups is 1. The number of benzene rings is 1. The number of hydrogen-bond donors (Lipinski definition) is 2. The maximum absolute atomic E-state index is 5.42. The number of thiocarbonyl (C=S) groups is 1. The summed E-state index contributed by atoms with van der Waals surface area (Å²) in [7, 11) is 3.33. The van der Waals surface area contributed by atoms with Crippen LogP contribution in [0.3, 0.4) is 0 Å². The number of nitrogens with zero attached hydrogens (tertiary/aromatic N) is 5. The minimum Gasteiger partial charge on any atom is -0.497 e. The lowest BCUT2D eigenvalue weighted by molar-refractivity contribution is 0.204. The van der Waals surface area contributed by atoms with Crippen LogP contribution in [0.5, 0.6) is 5.75 Å². The molecule has 32 heavy (non-hydrogen) atoms. The number of hydrogen-bond acceptors (Lipinski definition) is 6. The molecule has 1 aliphatic heterocycles. The molecule has 172 valence electrons. The molecule has 3 rings (SSSR count). The van der Waals surface area contributed by atoms with E-state index in [-0.39, 0.29) is 0 Å². The third-order valence-electron chi connectivity index (χ3n) is 5.01. The normalized spacial score (nSPS) is 14.3. The first kappa shape index (κ1) is 23.7. The van der Waals surface area contributed by atoms with Crippen LogP contribution in [0.2, 0.25) is 0 Å². The van der Waals surface area contributed by atoms with Crippen molar-refractivity contribution in [3.63, 3.8) is 0 Å². The van der Waals surface area contributed by atoms with Gasteiger partial charge in [-0.2, -0.15) is 4.99 Å². The number of ether oxygens (including phenoxy) is 2. The largest absolute Gasteiger partial charge is 0.497 e. The molecular formula is C22H31N7O2S. The fraction of sp³-hybridized carbons (Fsp3) is 0.455. The van der Waals surface area contributed by atoms with Gasteiger partial charge in [-0.05, 0) is 56.4 Å². The van der Waals surface area contributed by atoms with Crippen molar-refractivity contribution >= 4 is 34.9 Å². The molecular weight excluding hydrogens is 426 g/mol. The van der Waals surface area contributed by atoms with E-state index in [9.17, 15) is 0 Å². The van der Waals surface area contributed by atoms with Gasteiger partial charge in [-0.15, -0.1) is 0 Å². The molecule has 0 aliphatic carbocycles. The molecule has 0 radical (unpaired) electrons. The molecule has 10 heteroatoms. The molecule has 1 aliphatic rings. The standard InChI is InChI=1S/C22H31N7O2S/c1-16-15-17(2)25-20(24-16)26-21(27-22(32)23-9-14-30-3)29-12-10-28(11-13-29)18-5-7-19(31-4)8-6-18/h5-8,15H,9-14H2,1-4H3,(H2,23,24,25,26,27,32). The van der Waals surface area contributed by atoms with Crippen molar-refractivity contribution in [2.75, 3.05) is 63.8 Å². The third kappa shape index (κ3) is 6.76. The van der Waals surface area contributed by atoms with E-state index < -0.39 is 0 Å². The van der Waals surface area contributed by atoms with Gasteiger partial charge in [0.15, 0.2) is 5.11 Å². The highest BCUT2D eigenvalue weighted by Gasteiger charge is 2.21. The van der Waals surface area contributed by atoms with Gasteiger partial charge < -0.3 is 24.6 Å². The van der Waals surface area contributed by atoms with Gasteiger partial charge in [-0.3, -0.25) is 5.32 Å². The summed E-state index contributed by atoms with van der Waals surface area (Å²) in [5.41, 5.74) is 2.96. The molecule has 2 N–H and O–H groups in total. The predicted molar refractivity (Wildman–Crippen MR) is 132 cm³/mol. The van der Waals surface area contributed by atoms with Crippen molar-refractivity contribution in [2.45, 2.75) is 13.8 Å². The Morgan fingerprint density at radius 3 is 2.31 bits per heavy atom. The van der Waals surface area contributed by atoms with E-state index in [0.717, 1.165) is 43.3 Å². The van der Waals surface area contributed by atoms with Gasteiger partial charge in [0.25, 0.3) is 0 Å². The van der Waals surface area contributed by atoms with Crippen LogP contribution in [0.4, 0.5) is 11.6 Å². The molecule has 2 heterocycles.